The highest BCUT2D eigenvalue weighted by Gasteiger charge is 2.20. The van der Waals surface area contributed by atoms with Gasteiger partial charge in [0.2, 0.25) is 0 Å². The highest BCUT2D eigenvalue weighted by Crippen LogP contribution is 2.30. The van der Waals surface area contributed by atoms with E-state index >= 15 is 0 Å². The summed E-state index contributed by atoms with van der Waals surface area (Å²) in [7, 11) is 0. The van der Waals surface area contributed by atoms with Crippen LogP contribution < -0.4 is 5.69 Å². The molecule has 0 aliphatic rings. The maximum atomic E-state index is 12.2. The Morgan fingerprint density at radius 2 is 2.05 bits per heavy atom. The molecular weight excluding hydrogens is 319 g/mol. The van der Waals surface area contributed by atoms with Gasteiger partial charge in [-0.25, -0.2) is 9.59 Å². The minimum absolute atomic E-state index is 0.0194. The second kappa shape index (κ2) is 6.28. The van der Waals surface area contributed by atoms with Gasteiger partial charge in [-0.15, -0.1) is 0 Å². The van der Waals surface area contributed by atoms with Crippen molar-refractivity contribution in [3.63, 3.8) is 0 Å². The molecule has 21 heavy (non-hydrogen) atoms. The zero-order chi connectivity index (χ0) is 15.6. The summed E-state index contributed by atoms with van der Waals surface area (Å²) in [5.41, 5.74) is -0.660. The standard InChI is InChI=1S/C12H12Cl2N4O3/c1-2-3-6-17-12(21)18(16-15-17)10-8(13)5-4-7(9(10)14)11(19)20/h4-5H,2-3,6H2,1H3,(H,19,20). The van der Waals surface area contributed by atoms with Crippen LogP contribution in [0.3, 0.4) is 0 Å². The Kier molecular flexibility index (Phi) is 4.64. The normalized spacial score (nSPS) is 10.8. The Morgan fingerprint density at radius 3 is 2.67 bits per heavy atom. The fourth-order valence-corrected chi connectivity index (χ4v) is 2.37. The Hall–Kier alpha value is -1.86. The van der Waals surface area contributed by atoms with Crippen molar-refractivity contribution >= 4 is 29.2 Å². The van der Waals surface area contributed by atoms with Crippen LogP contribution in [0.5, 0.6) is 0 Å². The summed E-state index contributed by atoms with van der Waals surface area (Å²) in [6.07, 6.45) is 1.67. The van der Waals surface area contributed by atoms with Gasteiger partial charge < -0.3 is 5.11 Å². The molecule has 0 radical (unpaired) electrons. The van der Waals surface area contributed by atoms with Crippen LogP contribution in [-0.2, 0) is 6.54 Å². The van der Waals surface area contributed by atoms with Crippen molar-refractivity contribution in [1.29, 1.82) is 0 Å². The van der Waals surface area contributed by atoms with Gasteiger partial charge >= 0.3 is 11.7 Å². The predicted octanol–water partition coefficient (Wildman–Crippen LogP) is 2.23. The van der Waals surface area contributed by atoms with Crippen molar-refractivity contribution in [3.05, 3.63) is 38.2 Å². The first kappa shape index (κ1) is 15.5. The molecule has 2 aromatic rings. The van der Waals surface area contributed by atoms with Gasteiger partial charge in [0, 0.05) is 6.54 Å². The second-order valence-electron chi connectivity index (χ2n) is 4.31. The molecule has 0 saturated heterocycles. The third kappa shape index (κ3) is 2.93. The van der Waals surface area contributed by atoms with Crippen LogP contribution in [0.1, 0.15) is 30.1 Å². The Labute approximate surface area is 129 Å². The van der Waals surface area contributed by atoms with E-state index in [0.29, 0.717) is 6.54 Å². The third-order valence-electron chi connectivity index (χ3n) is 2.87. The van der Waals surface area contributed by atoms with Crippen molar-refractivity contribution in [3.8, 4) is 5.69 Å². The number of nitrogens with zero attached hydrogens (tertiary/aromatic N) is 4. The first-order valence-corrected chi connectivity index (χ1v) is 6.97. The number of carboxylic acid groups (broad SMARTS) is 1. The van der Waals surface area contributed by atoms with E-state index in [1.54, 1.807) is 0 Å². The smallest absolute Gasteiger partial charge is 0.368 e. The van der Waals surface area contributed by atoms with E-state index in [4.69, 9.17) is 28.3 Å². The molecule has 112 valence electrons. The predicted molar refractivity (Wildman–Crippen MR) is 77.5 cm³/mol. The molecule has 2 rings (SSSR count). The number of unbranched alkanes of at least 4 members (excludes halogenated alkanes) is 1. The summed E-state index contributed by atoms with van der Waals surface area (Å²) in [6, 6.07) is 2.62. The van der Waals surface area contributed by atoms with E-state index in [2.05, 4.69) is 10.4 Å². The van der Waals surface area contributed by atoms with Crippen LogP contribution in [-0.4, -0.2) is 30.9 Å². The Balaban J connectivity index is 2.57. The van der Waals surface area contributed by atoms with Gasteiger partial charge in [0.1, 0.15) is 5.69 Å². The van der Waals surface area contributed by atoms with Gasteiger partial charge in [-0.1, -0.05) is 36.5 Å². The molecule has 0 bridgehead atoms. The first-order valence-electron chi connectivity index (χ1n) is 6.21. The first-order chi connectivity index (χ1) is 9.97. The number of aryl methyl sites for hydroxylation is 1. The van der Waals surface area contributed by atoms with Crippen LogP contribution in [0.4, 0.5) is 0 Å². The van der Waals surface area contributed by atoms with E-state index in [1.807, 2.05) is 6.92 Å². The molecular formula is C12H12Cl2N4O3. The van der Waals surface area contributed by atoms with Gasteiger partial charge in [-0.3, -0.25) is 0 Å². The molecule has 1 N–H and O–H groups in total. The monoisotopic (exact) mass is 330 g/mol. The van der Waals surface area contributed by atoms with Crippen LogP contribution in [0.25, 0.3) is 5.69 Å². The van der Waals surface area contributed by atoms with Gasteiger partial charge in [-0.2, -0.15) is 9.36 Å². The van der Waals surface area contributed by atoms with Gasteiger partial charge in [0.05, 0.1) is 15.6 Å². The lowest BCUT2D eigenvalue weighted by molar-refractivity contribution is 0.0697. The highest BCUT2D eigenvalue weighted by molar-refractivity contribution is 6.39. The summed E-state index contributed by atoms with van der Waals surface area (Å²) in [5.74, 6) is -1.22. The van der Waals surface area contributed by atoms with Crippen LogP contribution in [0.15, 0.2) is 16.9 Å². The van der Waals surface area contributed by atoms with Gasteiger partial charge in [-0.05, 0) is 29.0 Å². The average Bonchev–Trinajstić information content (AvgIpc) is 2.78. The number of hydrogen-bond acceptors (Lipinski definition) is 4. The lowest BCUT2D eigenvalue weighted by atomic mass is 10.2. The minimum Gasteiger partial charge on any atom is -0.478 e. The molecule has 1 aromatic heterocycles. The molecule has 0 unspecified atom stereocenters. The molecule has 0 aliphatic heterocycles. The molecule has 0 atom stereocenters. The molecule has 7 nitrogen and oxygen atoms in total. The van der Waals surface area contributed by atoms with E-state index in [1.165, 1.54) is 16.8 Å². The van der Waals surface area contributed by atoms with Crippen molar-refractivity contribution in [1.82, 2.24) is 19.8 Å². The summed E-state index contributed by atoms with van der Waals surface area (Å²) < 4.78 is 2.09. The van der Waals surface area contributed by atoms with E-state index < -0.39 is 11.7 Å². The fourth-order valence-electron chi connectivity index (χ4n) is 1.76. The maximum absolute atomic E-state index is 12.2. The largest absolute Gasteiger partial charge is 0.478 e. The van der Waals surface area contributed by atoms with E-state index in [0.717, 1.165) is 17.5 Å². The molecule has 0 saturated carbocycles. The zero-order valence-electron chi connectivity index (χ0n) is 11.1. The number of aromatic carboxylic acids is 1. The topological polar surface area (TPSA) is 90.0 Å². The van der Waals surface area contributed by atoms with Crippen LogP contribution in [0.2, 0.25) is 10.0 Å². The number of carbonyl (C=O) groups is 1. The Bertz CT molecular complexity index is 739. The summed E-state index contributed by atoms with van der Waals surface area (Å²) >= 11 is 12.0. The van der Waals surface area contributed by atoms with Crippen molar-refractivity contribution in [2.24, 2.45) is 0 Å². The van der Waals surface area contributed by atoms with Crippen molar-refractivity contribution < 1.29 is 9.90 Å². The third-order valence-corrected chi connectivity index (χ3v) is 3.56. The second-order valence-corrected chi connectivity index (χ2v) is 5.10. The quantitative estimate of drug-likeness (QED) is 0.907. The molecule has 0 spiro atoms. The average molecular weight is 331 g/mol. The highest BCUT2D eigenvalue weighted by atomic mass is 35.5. The van der Waals surface area contributed by atoms with E-state index in [9.17, 15) is 9.59 Å². The zero-order valence-corrected chi connectivity index (χ0v) is 12.6. The molecule has 1 heterocycles. The van der Waals surface area contributed by atoms with Crippen LogP contribution in [0, 0.1) is 0 Å². The molecule has 0 fully saturated rings. The number of halogens is 2. The number of carboxylic acids is 1. The SMILES string of the molecule is CCCCn1nnn(-c2c(Cl)ccc(C(=O)O)c2Cl)c1=O. The minimum atomic E-state index is -1.22. The lowest BCUT2D eigenvalue weighted by Gasteiger charge is -2.07. The maximum Gasteiger partial charge on any atom is 0.368 e. The number of tetrazole rings is 1. The Morgan fingerprint density at radius 1 is 1.33 bits per heavy atom. The van der Waals surface area contributed by atoms with Gasteiger partial charge in [0.15, 0.2) is 0 Å². The van der Waals surface area contributed by atoms with Crippen molar-refractivity contribution in [2.45, 2.75) is 26.3 Å². The number of rotatable bonds is 5. The van der Waals surface area contributed by atoms with E-state index in [-0.39, 0.29) is 21.3 Å². The van der Waals surface area contributed by atoms with Crippen LogP contribution >= 0.6 is 23.2 Å². The summed E-state index contributed by atoms with van der Waals surface area (Å²) in [4.78, 5) is 23.3. The van der Waals surface area contributed by atoms with Crippen molar-refractivity contribution in [2.75, 3.05) is 0 Å². The fraction of sp³-hybridized carbons (Fsp3) is 0.333. The number of aromatic nitrogens is 4. The number of hydrogen-bond donors (Lipinski definition) is 1. The molecule has 0 aliphatic carbocycles. The summed E-state index contributed by atoms with van der Waals surface area (Å²) in [5, 5.41) is 16.5. The molecule has 9 heteroatoms. The van der Waals surface area contributed by atoms with Gasteiger partial charge in [0.25, 0.3) is 0 Å². The molecule has 1 aromatic carbocycles. The summed E-state index contributed by atoms with van der Waals surface area (Å²) in [6.45, 7) is 2.41. The lowest BCUT2D eigenvalue weighted by Crippen LogP contribution is -2.25. The number of benzene rings is 1. The molecule has 0 amide bonds.